The first kappa shape index (κ1) is 79.0. The topological polar surface area (TPSA) is 114 Å². The van der Waals surface area contributed by atoms with E-state index in [0.29, 0.717) is 17.4 Å². The second kappa shape index (κ2) is 61.1. The minimum absolute atomic E-state index is 0.0212. The van der Waals surface area contributed by atoms with Crippen molar-refractivity contribution >= 4 is 19.7 Å². The second-order valence-corrected chi connectivity index (χ2v) is 26.4. The minimum atomic E-state index is -4.70. The number of amides is 1. The number of phosphoric acid groups is 1. The molecule has 0 aliphatic heterocycles. The van der Waals surface area contributed by atoms with Gasteiger partial charge in [-0.1, -0.05) is 288 Å². The van der Waals surface area contributed by atoms with Crippen molar-refractivity contribution in [3.05, 3.63) is 48.6 Å². The minimum Gasteiger partial charge on any atom is -0.756 e. The van der Waals surface area contributed by atoms with E-state index < -0.39 is 20.0 Å². The highest BCUT2D eigenvalue weighted by molar-refractivity contribution is 7.45. The van der Waals surface area contributed by atoms with Gasteiger partial charge in [0, 0.05) is 12.8 Å². The van der Waals surface area contributed by atoms with Crippen LogP contribution in [0.2, 0.25) is 0 Å². The number of quaternary nitrogens is 1. The molecule has 0 saturated carbocycles. The van der Waals surface area contributed by atoms with Gasteiger partial charge in [0.25, 0.3) is 7.82 Å². The van der Waals surface area contributed by atoms with Crippen LogP contribution in [0.15, 0.2) is 48.6 Å². The standard InChI is InChI=1S/C71H135N2O7P/c1-7-10-13-16-19-22-25-27-29-31-33-34-35-36-37-38-40-41-43-45-48-51-54-57-60-63-70(74)72-68(67-79-81(76,77)78-66-65-73(4,5)6)69(62-59-56-53-50-47-24-21-18-15-12-9-3)80-71(75)64-61-58-55-52-49-46-44-42-39-32-30-28-26-23-20-17-14-11-8-2/h19,22,27-30,59,62,68-69H,7-18,20-21,23-26,31-58,60-61,63-67H2,1-6H3,(H-,72,74,76,77)/b22-19-,29-27-,30-28+,62-59-. The van der Waals surface area contributed by atoms with Crippen molar-refractivity contribution in [3.8, 4) is 0 Å². The number of unbranched alkanes of at least 4 members (excludes halogenated alkanes) is 42. The molecule has 0 aliphatic rings. The monoisotopic (exact) mass is 1160 g/mol. The molecule has 10 heteroatoms. The summed E-state index contributed by atoms with van der Waals surface area (Å²) in [6.07, 6.45) is 76.6. The molecular formula is C71H135N2O7P. The molecule has 0 heterocycles. The van der Waals surface area contributed by atoms with Gasteiger partial charge in [-0.15, -0.1) is 0 Å². The summed E-state index contributed by atoms with van der Waals surface area (Å²) < 4.78 is 30.4. The fourth-order valence-corrected chi connectivity index (χ4v) is 11.0. The third-order valence-electron chi connectivity index (χ3n) is 15.7. The van der Waals surface area contributed by atoms with E-state index in [1.807, 2.05) is 33.3 Å². The maximum absolute atomic E-state index is 13.6. The molecule has 0 aliphatic carbocycles. The molecule has 0 saturated heterocycles. The molecule has 0 aromatic rings. The lowest BCUT2D eigenvalue weighted by Crippen LogP contribution is -2.47. The lowest BCUT2D eigenvalue weighted by atomic mass is 10.0. The number of hydrogen-bond donors (Lipinski definition) is 1. The van der Waals surface area contributed by atoms with E-state index in [2.05, 4.69) is 62.5 Å². The van der Waals surface area contributed by atoms with Crippen LogP contribution in [-0.4, -0.2) is 69.4 Å². The van der Waals surface area contributed by atoms with E-state index in [9.17, 15) is 19.0 Å². The van der Waals surface area contributed by atoms with Gasteiger partial charge in [-0.05, 0) is 89.5 Å². The van der Waals surface area contributed by atoms with Crippen LogP contribution in [0.5, 0.6) is 0 Å². The van der Waals surface area contributed by atoms with Crippen molar-refractivity contribution in [2.45, 2.75) is 354 Å². The molecule has 476 valence electrons. The second-order valence-electron chi connectivity index (χ2n) is 25.0. The smallest absolute Gasteiger partial charge is 0.306 e. The summed E-state index contributed by atoms with van der Waals surface area (Å²) in [6.45, 7) is 6.85. The van der Waals surface area contributed by atoms with Crippen molar-refractivity contribution in [1.29, 1.82) is 0 Å². The Morgan fingerprint density at radius 1 is 0.432 bits per heavy atom. The number of nitrogens with zero attached hydrogens (tertiary/aromatic N) is 1. The number of allylic oxidation sites excluding steroid dienone is 7. The summed E-state index contributed by atoms with van der Waals surface area (Å²) in [5.74, 6) is -0.530. The maximum Gasteiger partial charge on any atom is 0.306 e. The molecule has 0 fully saturated rings. The van der Waals surface area contributed by atoms with Gasteiger partial charge in [0.15, 0.2) is 0 Å². The van der Waals surface area contributed by atoms with Crippen LogP contribution in [-0.2, 0) is 27.9 Å². The highest BCUT2D eigenvalue weighted by Gasteiger charge is 2.27. The van der Waals surface area contributed by atoms with Crippen molar-refractivity contribution in [2.75, 3.05) is 40.9 Å². The molecule has 0 aromatic heterocycles. The van der Waals surface area contributed by atoms with E-state index >= 15 is 0 Å². The molecule has 0 aromatic carbocycles. The SMILES string of the molecule is CCCCC/C=C\C/C=C\CCCCCCCCCCCCCCCCCC(=O)NC(COP(=O)([O-])OCC[N+](C)(C)C)C(/C=C\CCCCCCCCCCC)OC(=O)CCCCCCCCCCC/C=C/CCCCCCCC. The fourth-order valence-electron chi connectivity index (χ4n) is 10.3. The third kappa shape index (κ3) is 62.3. The zero-order chi connectivity index (χ0) is 59.3. The molecule has 0 radical (unpaired) electrons. The molecule has 1 N–H and O–H groups in total. The summed E-state index contributed by atoms with van der Waals surface area (Å²) in [7, 11) is 1.20. The van der Waals surface area contributed by atoms with Gasteiger partial charge in [0.2, 0.25) is 5.91 Å². The van der Waals surface area contributed by atoms with Crippen molar-refractivity contribution in [1.82, 2.24) is 5.32 Å². The Balaban J connectivity index is 5.01. The van der Waals surface area contributed by atoms with Crippen molar-refractivity contribution < 1.29 is 37.3 Å². The number of hydrogen-bond acceptors (Lipinski definition) is 7. The summed E-state index contributed by atoms with van der Waals surface area (Å²) in [5.41, 5.74) is 0. The van der Waals surface area contributed by atoms with E-state index in [4.69, 9.17) is 13.8 Å². The molecule has 1 amide bonds. The van der Waals surface area contributed by atoms with Gasteiger partial charge in [-0.3, -0.25) is 14.2 Å². The number of carbonyl (C=O) groups excluding carboxylic acids is 2. The first-order valence-electron chi connectivity index (χ1n) is 34.9. The highest BCUT2D eigenvalue weighted by atomic mass is 31.2. The highest BCUT2D eigenvalue weighted by Crippen LogP contribution is 2.38. The number of likely N-dealkylation sites (N-methyl/N-ethyl adjacent to an activating group) is 1. The van der Waals surface area contributed by atoms with Crippen molar-refractivity contribution in [3.63, 3.8) is 0 Å². The zero-order valence-electron chi connectivity index (χ0n) is 54.5. The van der Waals surface area contributed by atoms with E-state index in [1.165, 1.54) is 244 Å². The van der Waals surface area contributed by atoms with Crippen molar-refractivity contribution in [2.24, 2.45) is 0 Å². The summed E-state index contributed by atoms with van der Waals surface area (Å²) in [5, 5.41) is 3.04. The average molecular weight is 1160 g/mol. The number of ether oxygens (including phenoxy) is 1. The average Bonchev–Trinajstić information content (AvgIpc) is 3.44. The largest absolute Gasteiger partial charge is 0.756 e. The molecule has 9 nitrogen and oxygen atoms in total. The number of esters is 1. The van der Waals surface area contributed by atoms with Crippen LogP contribution in [0, 0.1) is 0 Å². The van der Waals surface area contributed by atoms with Gasteiger partial charge >= 0.3 is 5.97 Å². The Labute approximate surface area is 503 Å². The van der Waals surface area contributed by atoms with Crippen LogP contribution in [0.25, 0.3) is 0 Å². The summed E-state index contributed by atoms with van der Waals surface area (Å²) in [6, 6.07) is -0.888. The van der Waals surface area contributed by atoms with Crippen LogP contribution in [0.3, 0.4) is 0 Å². The van der Waals surface area contributed by atoms with Gasteiger partial charge in [-0.25, -0.2) is 0 Å². The predicted molar refractivity (Wildman–Crippen MR) is 349 cm³/mol. The number of nitrogens with one attached hydrogen (secondary N) is 1. The Morgan fingerprint density at radius 3 is 1.15 bits per heavy atom. The van der Waals surface area contributed by atoms with Crippen LogP contribution in [0.1, 0.15) is 342 Å². The van der Waals surface area contributed by atoms with Gasteiger partial charge in [0.05, 0.1) is 33.8 Å². The number of carbonyl (C=O) groups is 2. The van der Waals surface area contributed by atoms with E-state index in [-0.39, 0.29) is 31.5 Å². The third-order valence-corrected chi connectivity index (χ3v) is 16.7. The molecule has 3 unspecified atom stereocenters. The maximum atomic E-state index is 13.6. The lowest BCUT2D eigenvalue weighted by Gasteiger charge is -2.30. The molecule has 0 bridgehead atoms. The Hall–Kier alpha value is -2.03. The van der Waals surface area contributed by atoms with Crippen LogP contribution in [0.4, 0.5) is 0 Å². The Bertz CT molecular complexity index is 1520. The Kier molecular flexibility index (Phi) is 59.5. The van der Waals surface area contributed by atoms with E-state index in [1.54, 1.807) is 0 Å². The van der Waals surface area contributed by atoms with Crippen LogP contribution < -0.4 is 10.2 Å². The van der Waals surface area contributed by atoms with Gasteiger partial charge in [0.1, 0.15) is 19.3 Å². The van der Waals surface area contributed by atoms with Gasteiger partial charge < -0.3 is 28.5 Å². The van der Waals surface area contributed by atoms with Crippen LogP contribution >= 0.6 is 7.82 Å². The normalized spacial score (nSPS) is 13.8. The predicted octanol–water partition coefficient (Wildman–Crippen LogP) is 21.4. The zero-order valence-corrected chi connectivity index (χ0v) is 55.4. The quantitative estimate of drug-likeness (QED) is 0.0212. The van der Waals surface area contributed by atoms with Gasteiger partial charge in [-0.2, -0.15) is 0 Å². The molecule has 0 rings (SSSR count). The van der Waals surface area contributed by atoms with E-state index in [0.717, 1.165) is 64.2 Å². The summed E-state index contributed by atoms with van der Waals surface area (Å²) >= 11 is 0. The molecule has 3 atom stereocenters. The summed E-state index contributed by atoms with van der Waals surface area (Å²) in [4.78, 5) is 40.1. The first-order valence-corrected chi connectivity index (χ1v) is 36.4. The molecular weight excluding hydrogens is 1020 g/mol. The Morgan fingerprint density at radius 2 is 0.753 bits per heavy atom. The molecule has 0 spiro atoms. The fraction of sp³-hybridized carbons (Fsp3) is 0.859. The molecule has 81 heavy (non-hydrogen) atoms. The number of phosphoric ester groups is 1. The lowest BCUT2D eigenvalue weighted by molar-refractivity contribution is -0.870. The first-order chi connectivity index (χ1) is 39.4. The number of rotatable bonds is 64.